The molecule has 1 aliphatic carbocycles. The van der Waals surface area contributed by atoms with Gasteiger partial charge in [0.2, 0.25) is 5.91 Å². The Labute approximate surface area is 119 Å². The molecule has 5 heteroatoms. The molecule has 1 atom stereocenters. The fourth-order valence-electron chi connectivity index (χ4n) is 2.16. The SMILES string of the molecule is CC(C(=O)NC1CC1)N(CCCN)c1ccccc1F. The molecule has 20 heavy (non-hydrogen) atoms. The number of carbonyl (C=O) groups excluding carboxylic acids is 1. The van der Waals surface area contributed by atoms with Crippen molar-refractivity contribution in [2.45, 2.75) is 38.3 Å². The van der Waals surface area contributed by atoms with Gasteiger partial charge in [0.1, 0.15) is 11.9 Å². The van der Waals surface area contributed by atoms with Gasteiger partial charge in [-0.3, -0.25) is 4.79 Å². The van der Waals surface area contributed by atoms with E-state index < -0.39 is 6.04 Å². The Balaban J connectivity index is 2.13. The smallest absolute Gasteiger partial charge is 0.242 e. The monoisotopic (exact) mass is 279 g/mol. The fraction of sp³-hybridized carbons (Fsp3) is 0.533. The van der Waals surface area contributed by atoms with Gasteiger partial charge in [-0.05, 0) is 44.9 Å². The maximum absolute atomic E-state index is 14.0. The van der Waals surface area contributed by atoms with E-state index >= 15 is 0 Å². The third-order valence-corrected chi connectivity index (χ3v) is 3.54. The molecule has 2 rings (SSSR count). The Morgan fingerprint density at radius 2 is 2.20 bits per heavy atom. The molecule has 1 aromatic carbocycles. The van der Waals surface area contributed by atoms with Crippen molar-refractivity contribution in [3.8, 4) is 0 Å². The molecule has 1 amide bonds. The summed E-state index contributed by atoms with van der Waals surface area (Å²) < 4.78 is 14.0. The van der Waals surface area contributed by atoms with Crippen LogP contribution in [0.25, 0.3) is 0 Å². The van der Waals surface area contributed by atoms with Crippen LogP contribution in [0.2, 0.25) is 0 Å². The molecule has 0 bridgehead atoms. The zero-order valence-corrected chi connectivity index (χ0v) is 11.8. The summed E-state index contributed by atoms with van der Waals surface area (Å²) in [6.07, 6.45) is 2.80. The van der Waals surface area contributed by atoms with Gasteiger partial charge in [-0.25, -0.2) is 4.39 Å². The fourth-order valence-corrected chi connectivity index (χ4v) is 2.16. The van der Waals surface area contributed by atoms with E-state index in [4.69, 9.17) is 5.73 Å². The van der Waals surface area contributed by atoms with Crippen molar-refractivity contribution in [1.29, 1.82) is 0 Å². The van der Waals surface area contributed by atoms with Gasteiger partial charge in [-0.2, -0.15) is 0 Å². The van der Waals surface area contributed by atoms with Crippen LogP contribution in [-0.4, -0.2) is 31.1 Å². The van der Waals surface area contributed by atoms with Crippen LogP contribution >= 0.6 is 0 Å². The zero-order chi connectivity index (χ0) is 14.5. The Morgan fingerprint density at radius 1 is 1.50 bits per heavy atom. The predicted molar refractivity (Wildman–Crippen MR) is 78.0 cm³/mol. The minimum absolute atomic E-state index is 0.0484. The highest BCUT2D eigenvalue weighted by atomic mass is 19.1. The molecule has 4 nitrogen and oxygen atoms in total. The molecule has 110 valence electrons. The number of amides is 1. The summed E-state index contributed by atoms with van der Waals surface area (Å²) in [6.45, 7) is 2.89. The number of rotatable bonds is 7. The molecule has 1 aromatic rings. The lowest BCUT2D eigenvalue weighted by atomic mass is 10.2. The number of nitrogens with zero attached hydrogens (tertiary/aromatic N) is 1. The van der Waals surface area contributed by atoms with E-state index in [2.05, 4.69) is 5.32 Å². The van der Waals surface area contributed by atoms with E-state index in [1.54, 1.807) is 30.0 Å². The van der Waals surface area contributed by atoms with Gasteiger partial charge in [-0.15, -0.1) is 0 Å². The first-order valence-corrected chi connectivity index (χ1v) is 7.15. The molecule has 1 unspecified atom stereocenters. The quantitative estimate of drug-likeness (QED) is 0.798. The topological polar surface area (TPSA) is 58.4 Å². The van der Waals surface area contributed by atoms with E-state index in [0.717, 1.165) is 19.3 Å². The van der Waals surface area contributed by atoms with Crippen molar-refractivity contribution in [3.05, 3.63) is 30.1 Å². The van der Waals surface area contributed by atoms with Gasteiger partial charge in [0.15, 0.2) is 0 Å². The van der Waals surface area contributed by atoms with Crippen LogP contribution in [0, 0.1) is 5.82 Å². The van der Waals surface area contributed by atoms with Crippen LogP contribution in [0.3, 0.4) is 0 Å². The number of benzene rings is 1. The first kappa shape index (κ1) is 14.8. The summed E-state index contributed by atoms with van der Waals surface area (Å²) in [5, 5.41) is 2.97. The summed E-state index contributed by atoms with van der Waals surface area (Å²) in [6, 6.07) is 6.44. The number of anilines is 1. The van der Waals surface area contributed by atoms with E-state index in [1.807, 2.05) is 0 Å². The summed E-state index contributed by atoms with van der Waals surface area (Å²) in [5.41, 5.74) is 6.00. The van der Waals surface area contributed by atoms with Crippen LogP contribution in [0.4, 0.5) is 10.1 Å². The van der Waals surface area contributed by atoms with Crippen molar-refractivity contribution in [2.24, 2.45) is 5.73 Å². The highest BCUT2D eigenvalue weighted by Crippen LogP contribution is 2.23. The number of halogens is 1. The summed E-state index contributed by atoms with van der Waals surface area (Å²) in [4.78, 5) is 14.0. The lowest BCUT2D eigenvalue weighted by Gasteiger charge is -2.30. The zero-order valence-electron chi connectivity index (χ0n) is 11.8. The number of hydrogen-bond acceptors (Lipinski definition) is 3. The molecule has 0 aromatic heterocycles. The average molecular weight is 279 g/mol. The van der Waals surface area contributed by atoms with Crippen molar-refractivity contribution in [2.75, 3.05) is 18.0 Å². The number of nitrogens with one attached hydrogen (secondary N) is 1. The summed E-state index contributed by atoms with van der Waals surface area (Å²) >= 11 is 0. The molecule has 1 saturated carbocycles. The summed E-state index contributed by atoms with van der Waals surface area (Å²) in [7, 11) is 0. The maximum atomic E-state index is 14.0. The second-order valence-corrected chi connectivity index (χ2v) is 5.25. The Kier molecular flexibility index (Phi) is 4.95. The van der Waals surface area contributed by atoms with Crippen LogP contribution in [0.1, 0.15) is 26.2 Å². The molecule has 0 heterocycles. The Hall–Kier alpha value is -1.62. The number of hydrogen-bond donors (Lipinski definition) is 2. The highest BCUT2D eigenvalue weighted by Gasteiger charge is 2.29. The largest absolute Gasteiger partial charge is 0.357 e. The van der Waals surface area contributed by atoms with Gasteiger partial charge < -0.3 is 16.0 Å². The second-order valence-electron chi connectivity index (χ2n) is 5.25. The molecule has 3 N–H and O–H groups in total. The molecule has 1 fully saturated rings. The lowest BCUT2D eigenvalue weighted by molar-refractivity contribution is -0.122. The average Bonchev–Trinajstić information content (AvgIpc) is 3.24. The molecule has 0 radical (unpaired) electrons. The predicted octanol–water partition coefficient (Wildman–Crippen LogP) is 1.65. The third kappa shape index (κ3) is 3.70. The number of nitrogens with two attached hydrogens (primary N) is 1. The van der Waals surface area contributed by atoms with E-state index in [9.17, 15) is 9.18 Å². The first-order chi connectivity index (χ1) is 9.63. The minimum atomic E-state index is -0.404. The van der Waals surface area contributed by atoms with Crippen molar-refractivity contribution < 1.29 is 9.18 Å². The van der Waals surface area contributed by atoms with Gasteiger partial charge in [0.25, 0.3) is 0 Å². The molecule has 0 saturated heterocycles. The molecule has 1 aliphatic rings. The highest BCUT2D eigenvalue weighted by molar-refractivity contribution is 5.85. The first-order valence-electron chi connectivity index (χ1n) is 7.15. The third-order valence-electron chi connectivity index (χ3n) is 3.54. The Morgan fingerprint density at radius 3 is 2.80 bits per heavy atom. The van der Waals surface area contributed by atoms with Gasteiger partial charge in [0.05, 0.1) is 5.69 Å². The van der Waals surface area contributed by atoms with Crippen molar-refractivity contribution in [3.63, 3.8) is 0 Å². The maximum Gasteiger partial charge on any atom is 0.242 e. The molecule has 0 aliphatic heterocycles. The van der Waals surface area contributed by atoms with Gasteiger partial charge in [-0.1, -0.05) is 12.1 Å². The van der Waals surface area contributed by atoms with E-state index in [1.165, 1.54) is 6.07 Å². The minimum Gasteiger partial charge on any atom is -0.357 e. The molecular formula is C15H22FN3O. The van der Waals surface area contributed by atoms with Crippen LogP contribution < -0.4 is 16.0 Å². The Bertz CT molecular complexity index is 462. The lowest BCUT2D eigenvalue weighted by Crippen LogP contribution is -2.47. The van der Waals surface area contributed by atoms with Crippen molar-refractivity contribution in [1.82, 2.24) is 5.32 Å². The number of carbonyl (C=O) groups is 1. The standard InChI is InChI=1S/C15H22FN3O/c1-11(15(20)18-12-7-8-12)19(10-4-9-17)14-6-3-2-5-13(14)16/h2-3,5-6,11-12H,4,7-10,17H2,1H3,(H,18,20). The molecular weight excluding hydrogens is 257 g/mol. The van der Waals surface area contributed by atoms with E-state index in [-0.39, 0.29) is 11.7 Å². The summed E-state index contributed by atoms with van der Waals surface area (Å²) in [5.74, 6) is -0.358. The normalized spacial score (nSPS) is 15.8. The number of para-hydroxylation sites is 1. The van der Waals surface area contributed by atoms with Crippen molar-refractivity contribution >= 4 is 11.6 Å². The van der Waals surface area contributed by atoms with Crippen LogP contribution in [0.5, 0.6) is 0 Å². The second kappa shape index (κ2) is 6.70. The van der Waals surface area contributed by atoms with E-state index in [0.29, 0.717) is 24.8 Å². The molecule has 0 spiro atoms. The van der Waals surface area contributed by atoms with Crippen LogP contribution in [0.15, 0.2) is 24.3 Å². The van der Waals surface area contributed by atoms with Gasteiger partial charge in [0, 0.05) is 12.6 Å². The van der Waals surface area contributed by atoms with Crippen LogP contribution in [-0.2, 0) is 4.79 Å². The van der Waals surface area contributed by atoms with Gasteiger partial charge >= 0.3 is 0 Å².